The van der Waals surface area contributed by atoms with Crippen LogP contribution in [0.5, 0.6) is 0 Å². The van der Waals surface area contributed by atoms with Gasteiger partial charge in [-0.15, -0.1) is 0 Å². The number of likely N-dealkylation sites (N-methyl/N-ethyl adjacent to an activating group) is 1. The quantitative estimate of drug-likeness (QED) is 0.830. The monoisotopic (exact) mass is 277 g/mol. The van der Waals surface area contributed by atoms with Crippen molar-refractivity contribution in [1.29, 1.82) is 0 Å². The van der Waals surface area contributed by atoms with Crippen molar-refractivity contribution >= 4 is 0 Å². The molecule has 1 fully saturated rings. The third kappa shape index (κ3) is 4.30. The summed E-state index contributed by atoms with van der Waals surface area (Å²) in [4.78, 5) is 0. The molecular formula is C17H27NO2. The molecule has 3 heteroatoms. The van der Waals surface area contributed by atoms with Crippen LogP contribution in [0.25, 0.3) is 0 Å². The molecule has 20 heavy (non-hydrogen) atoms. The van der Waals surface area contributed by atoms with Gasteiger partial charge in [-0.25, -0.2) is 0 Å². The van der Waals surface area contributed by atoms with Crippen molar-refractivity contribution in [2.24, 2.45) is 0 Å². The normalized spacial score (nSPS) is 20.2. The summed E-state index contributed by atoms with van der Waals surface area (Å²) >= 11 is 0. The Labute approximate surface area is 122 Å². The SMILES string of the molecule is CCNC(COCC1CCCO1)c1cc(C)ccc1C. The zero-order valence-electron chi connectivity index (χ0n) is 12.9. The molecule has 2 rings (SSSR count). The number of hydrogen-bond acceptors (Lipinski definition) is 3. The Morgan fingerprint density at radius 3 is 2.95 bits per heavy atom. The van der Waals surface area contributed by atoms with Crippen LogP contribution in [0.3, 0.4) is 0 Å². The van der Waals surface area contributed by atoms with Crippen LogP contribution in [0.1, 0.15) is 42.5 Å². The zero-order valence-corrected chi connectivity index (χ0v) is 12.9. The molecule has 0 radical (unpaired) electrons. The summed E-state index contributed by atoms with van der Waals surface area (Å²) < 4.78 is 11.5. The topological polar surface area (TPSA) is 30.5 Å². The van der Waals surface area contributed by atoms with E-state index in [4.69, 9.17) is 9.47 Å². The molecule has 1 aromatic rings. The molecule has 0 aliphatic carbocycles. The fourth-order valence-corrected chi connectivity index (χ4v) is 2.73. The summed E-state index contributed by atoms with van der Waals surface area (Å²) in [7, 11) is 0. The molecule has 2 atom stereocenters. The Hall–Kier alpha value is -0.900. The second-order valence-corrected chi connectivity index (χ2v) is 5.64. The second-order valence-electron chi connectivity index (χ2n) is 5.64. The van der Waals surface area contributed by atoms with Crippen molar-refractivity contribution in [3.63, 3.8) is 0 Å². The third-order valence-corrected chi connectivity index (χ3v) is 3.87. The highest BCUT2D eigenvalue weighted by Gasteiger charge is 2.18. The van der Waals surface area contributed by atoms with Crippen LogP contribution in [0.4, 0.5) is 0 Å². The van der Waals surface area contributed by atoms with E-state index in [1.807, 2.05) is 0 Å². The van der Waals surface area contributed by atoms with Gasteiger partial charge in [-0.3, -0.25) is 0 Å². The van der Waals surface area contributed by atoms with Crippen LogP contribution >= 0.6 is 0 Å². The molecule has 1 saturated heterocycles. The van der Waals surface area contributed by atoms with Crippen molar-refractivity contribution in [3.05, 3.63) is 34.9 Å². The Bertz CT molecular complexity index is 413. The first-order valence-corrected chi connectivity index (χ1v) is 7.70. The number of benzene rings is 1. The first-order chi connectivity index (χ1) is 9.70. The Kier molecular flexibility index (Phi) is 6.02. The fourth-order valence-electron chi connectivity index (χ4n) is 2.73. The van der Waals surface area contributed by atoms with E-state index < -0.39 is 0 Å². The fraction of sp³-hybridized carbons (Fsp3) is 0.647. The lowest BCUT2D eigenvalue weighted by Crippen LogP contribution is -2.28. The average molecular weight is 277 g/mol. The van der Waals surface area contributed by atoms with Crippen molar-refractivity contribution < 1.29 is 9.47 Å². The minimum atomic E-state index is 0.265. The molecule has 2 unspecified atom stereocenters. The summed E-state index contributed by atoms with van der Waals surface area (Å²) in [5, 5.41) is 3.53. The smallest absolute Gasteiger partial charge is 0.0809 e. The van der Waals surface area contributed by atoms with Crippen LogP contribution in [0.2, 0.25) is 0 Å². The lowest BCUT2D eigenvalue weighted by Gasteiger charge is -2.22. The minimum Gasteiger partial charge on any atom is -0.377 e. The van der Waals surface area contributed by atoms with E-state index in [-0.39, 0.29) is 6.04 Å². The first kappa shape index (κ1) is 15.5. The molecule has 1 heterocycles. The standard InChI is InChI=1S/C17H27NO2/c1-4-18-17(12-19-11-15-6-5-9-20-15)16-10-13(2)7-8-14(16)3/h7-8,10,15,17-18H,4-6,9,11-12H2,1-3H3. The molecule has 1 aromatic carbocycles. The van der Waals surface area contributed by atoms with Gasteiger partial charge in [0.1, 0.15) is 0 Å². The summed E-state index contributed by atoms with van der Waals surface area (Å²) in [6.07, 6.45) is 2.60. The molecule has 0 spiro atoms. The molecule has 112 valence electrons. The Morgan fingerprint density at radius 2 is 2.25 bits per heavy atom. The van der Waals surface area contributed by atoms with Crippen LogP contribution in [0, 0.1) is 13.8 Å². The number of ether oxygens (including phenoxy) is 2. The molecule has 0 saturated carbocycles. The molecular weight excluding hydrogens is 250 g/mol. The van der Waals surface area contributed by atoms with Gasteiger partial charge >= 0.3 is 0 Å². The highest BCUT2D eigenvalue weighted by molar-refractivity contribution is 5.33. The second kappa shape index (κ2) is 7.77. The van der Waals surface area contributed by atoms with Crippen LogP contribution in [0.15, 0.2) is 18.2 Å². The van der Waals surface area contributed by atoms with Gasteiger partial charge in [0.05, 0.1) is 25.4 Å². The van der Waals surface area contributed by atoms with E-state index >= 15 is 0 Å². The van der Waals surface area contributed by atoms with Crippen molar-refractivity contribution in [3.8, 4) is 0 Å². The van der Waals surface area contributed by atoms with Crippen LogP contribution < -0.4 is 5.32 Å². The molecule has 1 N–H and O–H groups in total. The molecule has 0 amide bonds. The van der Waals surface area contributed by atoms with E-state index in [1.165, 1.54) is 23.1 Å². The maximum atomic E-state index is 5.89. The highest BCUT2D eigenvalue weighted by Crippen LogP contribution is 2.20. The number of hydrogen-bond donors (Lipinski definition) is 1. The third-order valence-electron chi connectivity index (χ3n) is 3.87. The lowest BCUT2D eigenvalue weighted by molar-refractivity contribution is 0.0100. The lowest BCUT2D eigenvalue weighted by atomic mass is 9.99. The molecule has 3 nitrogen and oxygen atoms in total. The van der Waals surface area contributed by atoms with E-state index in [0.29, 0.717) is 19.3 Å². The predicted octanol–water partition coefficient (Wildman–Crippen LogP) is 3.15. The van der Waals surface area contributed by atoms with Crippen LogP contribution in [-0.2, 0) is 9.47 Å². The van der Waals surface area contributed by atoms with E-state index in [9.17, 15) is 0 Å². The summed E-state index contributed by atoms with van der Waals surface area (Å²) in [5.74, 6) is 0. The van der Waals surface area contributed by atoms with Crippen molar-refractivity contribution in [1.82, 2.24) is 5.32 Å². The summed E-state index contributed by atoms with van der Waals surface area (Å²) in [6, 6.07) is 6.88. The van der Waals surface area contributed by atoms with Gasteiger partial charge in [0, 0.05) is 6.61 Å². The Balaban J connectivity index is 1.93. The highest BCUT2D eigenvalue weighted by atomic mass is 16.5. The predicted molar refractivity (Wildman–Crippen MR) is 82.1 cm³/mol. The van der Waals surface area contributed by atoms with Gasteiger partial charge < -0.3 is 14.8 Å². The van der Waals surface area contributed by atoms with Crippen LogP contribution in [-0.4, -0.2) is 32.5 Å². The average Bonchev–Trinajstić information content (AvgIpc) is 2.94. The number of nitrogens with one attached hydrogen (secondary N) is 1. The van der Waals surface area contributed by atoms with Gasteiger partial charge in [-0.05, 0) is 44.4 Å². The van der Waals surface area contributed by atoms with E-state index in [0.717, 1.165) is 19.6 Å². The van der Waals surface area contributed by atoms with Gasteiger partial charge in [0.25, 0.3) is 0 Å². The summed E-state index contributed by atoms with van der Waals surface area (Å²) in [5.41, 5.74) is 3.97. The van der Waals surface area contributed by atoms with Crippen molar-refractivity contribution in [2.75, 3.05) is 26.4 Å². The van der Waals surface area contributed by atoms with E-state index in [2.05, 4.69) is 44.3 Å². The van der Waals surface area contributed by atoms with Gasteiger partial charge in [-0.2, -0.15) is 0 Å². The van der Waals surface area contributed by atoms with Crippen molar-refractivity contribution in [2.45, 2.75) is 45.8 Å². The van der Waals surface area contributed by atoms with Gasteiger partial charge in [0.2, 0.25) is 0 Å². The molecule has 0 aromatic heterocycles. The maximum absolute atomic E-state index is 5.89. The number of aryl methyl sites for hydroxylation is 2. The molecule has 1 aliphatic heterocycles. The summed E-state index contributed by atoms with van der Waals surface area (Å²) in [6.45, 7) is 9.70. The molecule has 1 aliphatic rings. The first-order valence-electron chi connectivity index (χ1n) is 7.70. The van der Waals surface area contributed by atoms with E-state index in [1.54, 1.807) is 0 Å². The molecule has 0 bridgehead atoms. The largest absolute Gasteiger partial charge is 0.377 e. The minimum absolute atomic E-state index is 0.265. The van der Waals surface area contributed by atoms with Gasteiger partial charge in [0.15, 0.2) is 0 Å². The number of rotatable bonds is 7. The van der Waals surface area contributed by atoms with Gasteiger partial charge in [-0.1, -0.05) is 30.7 Å². The Morgan fingerprint density at radius 1 is 1.40 bits per heavy atom. The zero-order chi connectivity index (χ0) is 14.4. The maximum Gasteiger partial charge on any atom is 0.0809 e.